The highest BCUT2D eigenvalue weighted by Gasteiger charge is 2.27. The molecule has 102 valence electrons. The maximum absolute atomic E-state index is 13.3. The molecule has 0 saturated heterocycles. The predicted molar refractivity (Wildman–Crippen MR) is 64.1 cm³/mol. The zero-order valence-corrected chi connectivity index (χ0v) is 10.0. The summed E-state index contributed by atoms with van der Waals surface area (Å²) >= 11 is 0. The van der Waals surface area contributed by atoms with Gasteiger partial charge in [0.15, 0.2) is 0 Å². The van der Waals surface area contributed by atoms with E-state index < -0.39 is 22.3 Å². The Labute approximate surface area is 108 Å². The van der Waals surface area contributed by atoms with E-state index in [2.05, 4.69) is 5.32 Å². The minimum atomic E-state index is -1.03. The molecule has 0 radical (unpaired) electrons. The van der Waals surface area contributed by atoms with Crippen molar-refractivity contribution in [1.82, 2.24) is 5.32 Å². The molecule has 0 unspecified atom stereocenters. The molecule has 2 N–H and O–H groups in total. The number of carbonyl (C=O) groups excluding carboxylic acids is 1. The van der Waals surface area contributed by atoms with Crippen molar-refractivity contribution in [3.63, 3.8) is 0 Å². The van der Waals surface area contributed by atoms with Crippen LogP contribution in [0.1, 0.15) is 23.2 Å². The second-order valence-corrected chi connectivity index (χ2v) is 4.62. The van der Waals surface area contributed by atoms with Gasteiger partial charge in [-0.25, -0.2) is 0 Å². The number of amides is 1. The van der Waals surface area contributed by atoms with Crippen LogP contribution in [0.2, 0.25) is 0 Å². The van der Waals surface area contributed by atoms with Crippen LogP contribution in [-0.4, -0.2) is 28.6 Å². The molecule has 2 rings (SSSR count). The summed E-state index contributed by atoms with van der Waals surface area (Å²) in [5.41, 5.74) is -0.610. The molecule has 19 heavy (non-hydrogen) atoms. The molecule has 1 aliphatic carbocycles. The molecule has 1 fully saturated rings. The largest absolute Gasteiger partial charge is 0.393 e. The van der Waals surface area contributed by atoms with E-state index in [1.54, 1.807) is 0 Å². The average Bonchev–Trinajstić information content (AvgIpc) is 2.32. The van der Waals surface area contributed by atoms with Crippen molar-refractivity contribution in [1.29, 1.82) is 0 Å². The summed E-state index contributed by atoms with van der Waals surface area (Å²) in [6.45, 7) is 0.411. The van der Waals surface area contributed by atoms with Crippen molar-refractivity contribution < 1.29 is 19.2 Å². The van der Waals surface area contributed by atoms with Crippen LogP contribution < -0.4 is 5.32 Å². The van der Waals surface area contributed by atoms with E-state index in [4.69, 9.17) is 5.11 Å². The van der Waals surface area contributed by atoms with Gasteiger partial charge in [-0.15, -0.1) is 0 Å². The van der Waals surface area contributed by atoms with Gasteiger partial charge in [0, 0.05) is 18.2 Å². The quantitative estimate of drug-likeness (QED) is 0.634. The predicted octanol–water partition coefficient (Wildman–Crippen LogP) is 1.23. The highest BCUT2D eigenvalue weighted by atomic mass is 19.1. The van der Waals surface area contributed by atoms with Crippen molar-refractivity contribution in [2.75, 3.05) is 6.54 Å². The molecule has 6 nitrogen and oxygen atoms in total. The van der Waals surface area contributed by atoms with Gasteiger partial charge in [0.05, 0.1) is 11.0 Å². The first-order valence-corrected chi connectivity index (χ1v) is 5.87. The van der Waals surface area contributed by atoms with Gasteiger partial charge in [-0.3, -0.25) is 14.9 Å². The van der Waals surface area contributed by atoms with E-state index >= 15 is 0 Å². The second-order valence-electron chi connectivity index (χ2n) is 4.62. The Bertz CT molecular complexity index is 514. The summed E-state index contributed by atoms with van der Waals surface area (Å²) < 4.78 is 13.3. The van der Waals surface area contributed by atoms with Gasteiger partial charge in [-0.2, -0.15) is 4.39 Å². The first-order chi connectivity index (χ1) is 8.97. The van der Waals surface area contributed by atoms with Crippen molar-refractivity contribution in [3.8, 4) is 0 Å². The molecule has 0 aliphatic heterocycles. The van der Waals surface area contributed by atoms with Gasteiger partial charge in [0.1, 0.15) is 0 Å². The molecule has 0 spiro atoms. The SMILES string of the molecule is O=C(NCC1CC(O)C1)c1ccc([N+](=O)[O-])c(F)c1. The third kappa shape index (κ3) is 3.05. The fourth-order valence-corrected chi connectivity index (χ4v) is 2.00. The molecule has 1 aromatic carbocycles. The minimum absolute atomic E-state index is 0.0444. The number of carbonyl (C=O) groups is 1. The highest BCUT2D eigenvalue weighted by Crippen LogP contribution is 2.26. The Morgan fingerprint density at radius 1 is 1.53 bits per heavy atom. The van der Waals surface area contributed by atoms with Crippen LogP contribution in [0.3, 0.4) is 0 Å². The Balaban J connectivity index is 1.95. The van der Waals surface area contributed by atoms with E-state index in [1.807, 2.05) is 0 Å². The van der Waals surface area contributed by atoms with Crippen molar-refractivity contribution in [3.05, 3.63) is 39.7 Å². The number of nitrogens with zero attached hydrogens (tertiary/aromatic N) is 1. The number of aliphatic hydroxyl groups excluding tert-OH is 1. The number of benzene rings is 1. The van der Waals surface area contributed by atoms with Crippen LogP contribution in [0.4, 0.5) is 10.1 Å². The first kappa shape index (κ1) is 13.4. The van der Waals surface area contributed by atoms with Crippen LogP contribution in [0.5, 0.6) is 0 Å². The van der Waals surface area contributed by atoms with E-state index in [0.717, 1.165) is 12.1 Å². The van der Waals surface area contributed by atoms with E-state index in [9.17, 15) is 19.3 Å². The number of halogens is 1. The van der Waals surface area contributed by atoms with Crippen LogP contribution in [-0.2, 0) is 0 Å². The summed E-state index contributed by atoms with van der Waals surface area (Å²) in [6, 6.07) is 3.03. The summed E-state index contributed by atoms with van der Waals surface area (Å²) in [7, 11) is 0. The summed E-state index contributed by atoms with van der Waals surface area (Å²) in [6.07, 6.45) is 1.00. The van der Waals surface area contributed by atoms with Crippen LogP contribution in [0.15, 0.2) is 18.2 Å². The van der Waals surface area contributed by atoms with Gasteiger partial charge in [0.25, 0.3) is 5.91 Å². The lowest BCUT2D eigenvalue weighted by molar-refractivity contribution is -0.387. The number of aliphatic hydroxyl groups is 1. The number of nitro benzene ring substituents is 1. The molecule has 0 aromatic heterocycles. The zero-order chi connectivity index (χ0) is 14.0. The Kier molecular flexibility index (Phi) is 3.75. The molecule has 7 heteroatoms. The van der Waals surface area contributed by atoms with Crippen molar-refractivity contribution in [2.24, 2.45) is 5.92 Å². The molecule has 0 heterocycles. The van der Waals surface area contributed by atoms with Crippen LogP contribution in [0, 0.1) is 21.8 Å². The van der Waals surface area contributed by atoms with E-state index in [1.165, 1.54) is 6.07 Å². The van der Waals surface area contributed by atoms with E-state index in [0.29, 0.717) is 19.4 Å². The topological polar surface area (TPSA) is 92.5 Å². The smallest absolute Gasteiger partial charge is 0.304 e. The van der Waals surface area contributed by atoms with Crippen LogP contribution in [0.25, 0.3) is 0 Å². The fourth-order valence-electron chi connectivity index (χ4n) is 2.00. The third-order valence-electron chi connectivity index (χ3n) is 3.17. The van der Waals surface area contributed by atoms with Gasteiger partial charge in [0.2, 0.25) is 5.82 Å². The van der Waals surface area contributed by atoms with Crippen molar-refractivity contribution in [2.45, 2.75) is 18.9 Å². The summed E-state index contributed by atoms with van der Waals surface area (Å²) in [4.78, 5) is 21.3. The average molecular weight is 268 g/mol. The maximum Gasteiger partial charge on any atom is 0.304 e. The van der Waals surface area contributed by atoms with Gasteiger partial charge in [-0.05, 0) is 30.9 Å². The molecular formula is C12H13FN2O4. The second kappa shape index (κ2) is 5.31. The molecule has 1 aliphatic rings. The molecule has 1 aromatic rings. The molecule has 0 bridgehead atoms. The summed E-state index contributed by atoms with van der Waals surface area (Å²) in [5, 5.41) is 22.1. The first-order valence-electron chi connectivity index (χ1n) is 5.87. The standard InChI is InChI=1S/C12H13FN2O4/c13-10-5-8(1-2-11(10)15(18)19)12(17)14-6-7-3-9(16)4-7/h1-2,5,7,9,16H,3-4,6H2,(H,14,17). The number of hydrogen-bond donors (Lipinski definition) is 2. The minimum Gasteiger partial charge on any atom is -0.393 e. The number of nitro groups is 1. The molecule has 1 saturated carbocycles. The zero-order valence-electron chi connectivity index (χ0n) is 10.0. The van der Waals surface area contributed by atoms with E-state index in [-0.39, 0.29) is 17.6 Å². The Hall–Kier alpha value is -2.02. The van der Waals surface area contributed by atoms with Gasteiger partial charge in [-0.1, -0.05) is 0 Å². The van der Waals surface area contributed by atoms with Crippen molar-refractivity contribution >= 4 is 11.6 Å². The molecule has 1 amide bonds. The number of hydrogen-bond acceptors (Lipinski definition) is 4. The lowest BCUT2D eigenvalue weighted by Gasteiger charge is -2.31. The Morgan fingerprint density at radius 2 is 2.21 bits per heavy atom. The molecular weight excluding hydrogens is 255 g/mol. The number of nitrogens with one attached hydrogen (secondary N) is 1. The van der Waals surface area contributed by atoms with Crippen LogP contribution >= 0.6 is 0 Å². The monoisotopic (exact) mass is 268 g/mol. The molecule has 0 atom stereocenters. The third-order valence-corrected chi connectivity index (χ3v) is 3.17. The number of rotatable bonds is 4. The maximum atomic E-state index is 13.3. The lowest BCUT2D eigenvalue weighted by Crippen LogP contribution is -2.38. The Morgan fingerprint density at radius 3 is 2.74 bits per heavy atom. The fraction of sp³-hybridized carbons (Fsp3) is 0.417. The van der Waals surface area contributed by atoms with Gasteiger partial charge >= 0.3 is 5.69 Å². The summed E-state index contributed by atoms with van der Waals surface area (Å²) in [5.74, 6) is -1.27. The lowest BCUT2D eigenvalue weighted by atomic mass is 9.82. The normalized spacial score (nSPS) is 21.6. The highest BCUT2D eigenvalue weighted by molar-refractivity contribution is 5.94. The van der Waals surface area contributed by atoms with Gasteiger partial charge < -0.3 is 10.4 Å².